The molecule has 0 unspecified atom stereocenters. The highest BCUT2D eigenvalue weighted by Crippen LogP contribution is 2.28. The van der Waals surface area contributed by atoms with Crippen LogP contribution in [0.1, 0.15) is 0 Å². The number of methoxy groups -OCH3 is 2. The Bertz CT molecular complexity index is 538. The third-order valence-corrected chi connectivity index (χ3v) is 5.45. The third kappa shape index (κ3) is 4.94. The van der Waals surface area contributed by atoms with E-state index in [2.05, 4.69) is 0 Å². The number of ether oxygens (including phenoxy) is 7. The molecule has 13 nitrogen and oxygen atoms in total. The first kappa shape index (κ1) is 24.1. The van der Waals surface area contributed by atoms with Crippen molar-refractivity contribution < 1.29 is 63.8 Å². The Morgan fingerprint density at radius 2 is 1.13 bits per heavy atom. The minimum absolute atomic E-state index is 0.118. The molecule has 0 aliphatic carbocycles. The van der Waals surface area contributed by atoms with Crippen molar-refractivity contribution in [3.63, 3.8) is 0 Å². The highest BCUT2D eigenvalue weighted by Gasteiger charge is 2.48. The van der Waals surface area contributed by atoms with Crippen molar-refractivity contribution in [2.24, 2.45) is 0 Å². The molecule has 3 heterocycles. The Kier molecular flexibility index (Phi) is 8.36. The average molecular weight is 442 g/mol. The van der Waals surface area contributed by atoms with E-state index in [0.29, 0.717) is 0 Å². The monoisotopic (exact) mass is 442 g/mol. The molecule has 3 fully saturated rings. The topological polar surface area (TPSA) is 186 Å². The van der Waals surface area contributed by atoms with Crippen LogP contribution in [0.25, 0.3) is 0 Å². The van der Waals surface area contributed by atoms with Crippen molar-refractivity contribution in [1.29, 1.82) is 0 Å². The number of aliphatic hydroxyl groups excluding tert-OH is 6. The lowest BCUT2D eigenvalue weighted by atomic mass is 10.0. The van der Waals surface area contributed by atoms with Crippen molar-refractivity contribution in [2.75, 3.05) is 34.0 Å². The van der Waals surface area contributed by atoms with Gasteiger partial charge in [0.15, 0.2) is 18.9 Å². The molecule has 3 saturated heterocycles. The molecule has 0 aromatic heterocycles. The Morgan fingerprint density at radius 1 is 0.600 bits per heavy atom. The van der Waals surface area contributed by atoms with Gasteiger partial charge >= 0.3 is 0 Å². The van der Waals surface area contributed by atoms with Crippen LogP contribution in [0.5, 0.6) is 0 Å². The maximum atomic E-state index is 10.6. The molecule has 0 aromatic rings. The molecule has 30 heavy (non-hydrogen) atoms. The van der Waals surface area contributed by atoms with Crippen LogP contribution in [0.15, 0.2) is 0 Å². The second kappa shape index (κ2) is 10.4. The SMILES string of the molecule is CO[C@@H]1[C@@H](O)[C@H](O[C@@H]2CO[C@@H](O[C@@H]3CO[C@@H](O)[C@H](O)[C@H]3O)[C@H](O)[C@H]2OC)OC[C@H]1O. The summed E-state index contributed by atoms with van der Waals surface area (Å²) < 4.78 is 37.4. The van der Waals surface area contributed by atoms with Gasteiger partial charge in [0.05, 0.1) is 19.8 Å². The van der Waals surface area contributed by atoms with E-state index in [1.54, 1.807) is 0 Å². The van der Waals surface area contributed by atoms with E-state index in [1.807, 2.05) is 0 Å². The van der Waals surface area contributed by atoms with E-state index >= 15 is 0 Å². The van der Waals surface area contributed by atoms with Crippen molar-refractivity contribution in [3.8, 4) is 0 Å². The minimum atomic E-state index is -1.58. The van der Waals surface area contributed by atoms with E-state index in [-0.39, 0.29) is 19.8 Å². The molecular formula is C17H30O13. The Labute approximate surface area is 172 Å². The zero-order valence-electron chi connectivity index (χ0n) is 16.6. The van der Waals surface area contributed by atoms with Gasteiger partial charge in [-0.2, -0.15) is 0 Å². The van der Waals surface area contributed by atoms with Crippen LogP contribution in [-0.2, 0) is 33.2 Å². The summed E-state index contributed by atoms with van der Waals surface area (Å²) >= 11 is 0. The first-order valence-electron chi connectivity index (χ1n) is 9.58. The zero-order chi connectivity index (χ0) is 22.0. The summed E-state index contributed by atoms with van der Waals surface area (Å²) in [5.74, 6) is 0. The van der Waals surface area contributed by atoms with E-state index in [4.69, 9.17) is 33.2 Å². The van der Waals surface area contributed by atoms with Gasteiger partial charge in [0, 0.05) is 14.2 Å². The molecule has 13 heteroatoms. The molecule has 6 N–H and O–H groups in total. The quantitative estimate of drug-likeness (QED) is 0.232. The Hall–Kier alpha value is -0.520. The molecule has 3 rings (SSSR count). The van der Waals surface area contributed by atoms with Crippen LogP contribution in [0, 0.1) is 0 Å². The lowest BCUT2D eigenvalue weighted by molar-refractivity contribution is -0.349. The van der Waals surface area contributed by atoms with Gasteiger partial charge in [-0.25, -0.2) is 0 Å². The standard InChI is InChI=1S/C17H30O13/c1-24-13-6(18)3-27-16(11(13)21)30-8-5-28-17(12(22)14(8)25-2)29-7-4-26-15(23)10(20)9(7)19/h6-23H,3-5H2,1-2H3/t6-,7-,8-,9+,10-,11-,12-,13+,14+,15-,16+,17+/m1/s1. The summed E-state index contributed by atoms with van der Waals surface area (Å²) in [5, 5.41) is 59.9. The first-order valence-corrected chi connectivity index (χ1v) is 9.58. The smallest absolute Gasteiger partial charge is 0.186 e. The lowest BCUT2D eigenvalue weighted by Gasteiger charge is -2.44. The molecule has 0 spiro atoms. The second-order valence-electron chi connectivity index (χ2n) is 7.41. The average Bonchev–Trinajstić information content (AvgIpc) is 2.72. The van der Waals surface area contributed by atoms with E-state index in [0.717, 1.165) is 0 Å². The fourth-order valence-electron chi connectivity index (χ4n) is 3.71. The molecule has 12 atom stereocenters. The van der Waals surface area contributed by atoms with Gasteiger partial charge in [0.1, 0.15) is 54.9 Å². The highest BCUT2D eigenvalue weighted by molar-refractivity contribution is 4.90. The van der Waals surface area contributed by atoms with Crippen LogP contribution in [0.2, 0.25) is 0 Å². The van der Waals surface area contributed by atoms with Crippen molar-refractivity contribution in [1.82, 2.24) is 0 Å². The van der Waals surface area contributed by atoms with Gasteiger partial charge in [-0.05, 0) is 0 Å². The van der Waals surface area contributed by atoms with Gasteiger partial charge in [-0.3, -0.25) is 0 Å². The van der Waals surface area contributed by atoms with Gasteiger partial charge in [0.25, 0.3) is 0 Å². The van der Waals surface area contributed by atoms with Crippen molar-refractivity contribution in [2.45, 2.75) is 73.8 Å². The summed E-state index contributed by atoms with van der Waals surface area (Å²) in [6, 6.07) is 0. The third-order valence-electron chi connectivity index (χ3n) is 5.45. The summed E-state index contributed by atoms with van der Waals surface area (Å²) in [7, 11) is 2.68. The highest BCUT2D eigenvalue weighted by atomic mass is 16.7. The van der Waals surface area contributed by atoms with Gasteiger partial charge in [0.2, 0.25) is 0 Å². The van der Waals surface area contributed by atoms with Crippen molar-refractivity contribution in [3.05, 3.63) is 0 Å². The Balaban J connectivity index is 1.59. The molecule has 0 amide bonds. The normalized spacial score (nSPS) is 50.4. The van der Waals surface area contributed by atoms with Crippen LogP contribution >= 0.6 is 0 Å². The maximum absolute atomic E-state index is 10.6. The molecular weight excluding hydrogens is 412 g/mol. The summed E-state index contributed by atoms with van der Waals surface area (Å²) in [4.78, 5) is 0. The van der Waals surface area contributed by atoms with E-state index < -0.39 is 73.8 Å². The second-order valence-corrected chi connectivity index (χ2v) is 7.41. The molecule has 3 aliphatic heterocycles. The maximum Gasteiger partial charge on any atom is 0.186 e. The van der Waals surface area contributed by atoms with Gasteiger partial charge in [-0.15, -0.1) is 0 Å². The Morgan fingerprint density at radius 3 is 1.77 bits per heavy atom. The summed E-state index contributed by atoms with van der Waals surface area (Å²) in [5.41, 5.74) is 0. The zero-order valence-corrected chi connectivity index (χ0v) is 16.6. The van der Waals surface area contributed by atoms with Gasteiger partial charge < -0.3 is 63.8 Å². The summed E-state index contributed by atoms with van der Waals surface area (Å²) in [6.07, 6.45) is -14.4. The number of rotatable bonds is 6. The fourth-order valence-corrected chi connectivity index (χ4v) is 3.71. The molecule has 0 radical (unpaired) electrons. The number of hydrogen-bond donors (Lipinski definition) is 6. The predicted molar refractivity (Wildman–Crippen MR) is 92.8 cm³/mol. The minimum Gasteiger partial charge on any atom is -0.388 e. The van der Waals surface area contributed by atoms with Gasteiger partial charge in [-0.1, -0.05) is 0 Å². The van der Waals surface area contributed by atoms with Crippen LogP contribution < -0.4 is 0 Å². The fraction of sp³-hybridized carbons (Fsp3) is 1.00. The van der Waals surface area contributed by atoms with Crippen LogP contribution in [0.3, 0.4) is 0 Å². The molecule has 176 valence electrons. The first-order chi connectivity index (χ1) is 14.3. The van der Waals surface area contributed by atoms with Crippen molar-refractivity contribution >= 4 is 0 Å². The van der Waals surface area contributed by atoms with E-state index in [9.17, 15) is 30.6 Å². The lowest BCUT2D eigenvalue weighted by Crippen LogP contribution is -2.62. The number of aliphatic hydroxyl groups is 6. The predicted octanol–water partition coefficient (Wildman–Crippen LogP) is -4.35. The molecule has 0 saturated carbocycles. The van der Waals surface area contributed by atoms with Crippen LogP contribution in [0.4, 0.5) is 0 Å². The summed E-state index contributed by atoms with van der Waals surface area (Å²) in [6.45, 7) is -0.470. The largest absolute Gasteiger partial charge is 0.388 e. The number of hydrogen-bond acceptors (Lipinski definition) is 13. The molecule has 0 aromatic carbocycles. The molecule has 0 bridgehead atoms. The molecule has 3 aliphatic rings. The van der Waals surface area contributed by atoms with Crippen LogP contribution in [-0.4, -0.2) is 138 Å². The van der Waals surface area contributed by atoms with E-state index in [1.165, 1.54) is 14.2 Å².